The van der Waals surface area contributed by atoms with Crippen LogP contribution >= 0.6 is 27.5 Å². The minimum absolute atomic E-state index is 0.0791. The van der Waals surface area contributed by atoms with E-state index in [1.165, 1.54) is 6.42 Å². The minimum atomic E-state index is 0.0791. The van der Waals surface area contributed by atoms with Crippen LogP contribution < -0.4 is 5.73 Å². The molecule has 0 aliphatic rings. The highest BCUT2D eigenvalue weighted by Gasteiger charge is 2.14. The smallest absolute Gasteiger partial charge is 0.0417 e. The maximum Gasteiger partial charge on any atom is 0.0417 e. The second-order valence-corrected chi connectivity index (χ2v) is 6.53. The molecule has 1 aromatic carbocycles. The van der Waals surface area contributed by atoms with Gasteiger partial charge in [0, 0.05) is 15.5 Å². The molecule has 0 aliphatic carbocycles. The Morgan fingerprint density at radius 1 is 1.24 bits per heavy atom. The van der Waals surface area contributed by atoms with Crippen molar-refractivity contribution in [2.24, 2.45) is 17.6 Å². The van der Waals surface area contributed by atoms with E-state index < -0.39 is 0 Å². The molecule has 0 saturated heterocycles. The highest BCUT2D eigenvalue weighted by atomic mass is 79.9. The van der Waals surface area contributed by atoms with Crippen molar-refractivity contribution in [1.29, 1.82) is 0 Å². The summed E-state index contributed by atoms with van der Waals surface area (Å²) in [7, 11) is 0. The van der Waals surface area contributed by atoms with Crippen LogP contribution in [0, 0.1) is 11.8 Å². The van der Waals surface area contributed by atoms with Gasteiger partial charge >= 0.3 is 0 Å². The number of benzene rings is 1. The Labute approximate surface area is 118 Å². The predicted molar refractivity (Wildman–Crippen MR) is 79.3 cm³/mol. The van der Waals surface area contributed by atoms with Crippen molar-refractivity contribution >= 4 is 27.5 Å². The van der Waals surface area contributed by atoms with Gasteiger partial charge in [-0.15, -0.1) is 0 Å². The molecule has 0 aliphatic heterocycles. The Morgan fingerprint density at radius 3 is 2.41 bits per heavy atom. The second kappa shape index (κ2) is 6.77. The summed E-state index contributed by atoms with van der Waals surface area (Å²) in [6.07, 6.45) is 2.23. The summed E-state index contributed by atoms with van der Waals surface area (Å²) >= 11 is 9.45. The topological polar surface area (TPSA) is 26.0 Å². The Bertz CT molecular complexity index is 365. The molecule has 1 aromatic rings. The minimum Gasteiger partial charge on any atom is -0.324 e. The van der Waals surface area contributed by atoms with Gasteiger partial charge in [-0.25, -0.2) is 0 Å². The van der Waals surface area contributed by atoms with Gasteiger partial charge in [-0.05, 0) is 42.4 Å². The van der Waals surface area contributed by atoms with E-state index in [0.717, 1.165) is 27.4 Å². The summed E-state index contributed by atoms with van der Waals surface area (Å²) < 4.78 is 1.01. The van der Waals surface area contributed by atoms with Crippen molar-refractivity contribution in [2.45, 2.75) is 39.7 Å². The largest absolute Gasteiger partial charge is 0.324 e. The van der Waals surface area contributed by atoms with E-state index in [-0.39, 0.29) is 6.04 Å². The van der Waals surface area contributed by atoms with Crippen LogP contribution in [0.1, 0.15) is 45.2 Å². The summed E-state index contributed by atoms with van der Waals surface area (Å²) in [6, 6.07) is 5.90. The molecule has 1 nitrogen and oxygen atoms in total. The third kappa shape index (κ3) is 4.99. The molecule has 0 fully saturated rings. The van der Waals surface area contributed by atoms with Crippen molar-refractivity contribution in [2.75, 3.05) is 0 Å². The molecular formula is C14H21BrClN. The molecule has 0 spiro atoms. The first-order valence-corrected chi connectivity index (χ1v) is 7.27. The molecular weight excluding hydrogens is 298 g/mol. The first-order valence-electron chi connectivity index (χ1n) is 6.10. The molecule has 0 heterocycles. The highest BCUT2D eigenvalue weighted by Crippen LogP contribution is 2.30. The quantitative estimate of drug-likeness (QED) is 0.796. The molecule has 0 aromatic heterocycles. The summed E-state index contributed by atoms with van der Waals surface area (Å²) in [5.74, 6) is 1.37. The lowest BCUT2D eigenvalue weighted by Crippen LogP contribution is -2.15. The van der Waals surface area contributed by atoms with E-state index in [2.05, 4.69) is 36.7 Å². The fourth-order valence-corrected chi connectivity index (χ4v) is 3.24. The molecule has 0 radical (unpaired) electrons. The van der Waals surface area contributed by atoms with Crippen molar-refractivity contribution in [1.82, 2.24) is 0 Å². The maximum absolute atomic E-state index is 6.25. The molecule has 3 heteroatoms. The van der Waals surface area contributed by atoms with E-state index in [9.17, 15) is 0 Å². The fourth-order valence-electron chi connectivity index (χ4n) is 2.26. The number of hydrogen-bond acceptors (Lipinski definition) is 1. The molecule has 96 valence electrons. The van der Waals surface area contributed by atoms with E-state index in [1.807, 2.05) is 18.2 Å². The van der Waals surface area contributed by atoms with Crippen LogP contribution in [0.5, 0.6) is 0 Å². The van der Waals surface area contributed by atoms with Crippen LogP contribution in [-0.4, -0.2) is 0 Å². The normalized spacial score (nSPS) is 15.0. The monoisotopic (exact) mass is 317 g/mol. The van der Waals surface area contributed by atoms with Gasteiger partial charge in [0.1, 0.15) is 0 Å². The van der Waals surface area contributed by atoms with Gasteiger partial charge in [-0.1, -0.05) is 54.4 Å². The lowest BCUT2D eigenvalue weighted by atomic mass is 9.90. The van der Waals surface area contributed by atoms with Crippen molar-refractivity contribution in [3.05, 3.63) is 33.3 Å². The van der Waals surface area contributed by atoms with E-state index in [0.29, 0.717) is 5.92 Å². The van der Waals surface area contributed by atoms with Crippen molar-refractivity contribution < 1.29 is 0 Å². The fraction of sp³-hybridized carbons (Fsp3) is 0.571. The molecule has 2 atom stereocenters. The van der Waals surface area contributed by atoms with Gasteiger partial charge in [-0.3, -0.25) is 0 Å². The number of nitrogens with two attached hydrogens (primary N) is 1. The first-order chi connectivity index (χ1) is 7.90. The SMILES string of the molecule is CC(C)CC(C)CC(N)c1ccc(Cl)cc1Br. The zero-order valence-corrected chi connectivity index (χ0v) is 13.1. The van der Waals surface area contributed by atoms with Crippen LogP contribution in [0.25, 0.3) is 0 Å². The Balaban J connectivity index is 2.66. The van der Waals surface area contributed by atoms with Gasteiger partial charge in [0.05, 0.1) is 0 Å². The third-order valence-corrected chi connectivity index (χ3v) is 3.81. The molecule has 17 heavy (non-hydrogen) atoms. The number of rotatable bonds is 5. The molecule has 2 N–H and O–H groups in total. The van der Waals surface area contributed by atoms with Gasteiger partial charge in [0.15, 0.2) is 0 Å². The van der Waals surface area contributed by atoms with Crippen molar-refractivity contribution in [3.63, 3.8) is 0 Å². The Morgan fingerprint density at radius 2 is 1.88 bits per heavy atom. The van der Waals surface area contributed by atoms with Gasteiger partial charge in [0.2, 0.25) is 0 Å². The van der Waals surface area contributed by atoms with E-state index in [1.54, 1.807) is 0 Å². The van der Waals surface area contributed by atoms with E-state index >= 15 is 0 Å². The van der Waals surface area contributed by atoms with Crippen LogP contribution in [-0.2, 0) is 0 Å². The summed E-state index contributed by atoms with van der Waals surface area (Å²) in [6.45, 7) is 6.77. The second-order valence-electron chi connectivity index (χ2n) is 5.24. The predicted octanol–water partition coefficient (Wildman–Crippen LogP) is 5.17. The summed E-state index contributed by atoms with van der Waals surface area (Å²) in [4.78, 5) is 0. The molecule has 0 saturated carbocycles. The lowest BCUT2D eigenvalue weighted by molar-refractivity contribution is 0.387. The average molecular weight is 319 g/mol. The molecule has 0 amide bonds. The molecule has 2 unspecified atom stereocenters. The summed E-state index contributed by atoms with van der Waals surface area (Å²) in [5.41, 5.74) is 7.39. The third-order valence-electron chi connectivity index (χ3n) is 2.89. The van der Waals surface area contributed by atoms with Crippen LogP contribution in [0.2, 0.25) is 5.02 Å². The first kappa shape index (κ1) is 15.0. The molecule has 1 rings (SSSR count). The summed E-state index contributed by atoms with van der Waals surface area (Å²) in [5, 5.41) is 0.739. The average Bonchev–Trinajstić information content (AvgIpc) is 2.15. The Hall–Kier alpha value is -0.0500. The molecule has 0 bridgehead atoms. The van der Waals surface area contributed by atoms with Crippen LogP contribution in [0.4, 0.5) is 0 Å². The van der Waals surface area contributed by atoms with Crippen LogP contribution in [0.3, 0.4) is 0 Å². The van der Waals surface area contributed by atoms with Gasteiger partial charge in [-0.2, -0.15) is 0 Å². The maximum atomic E-state index is 6.25. The number of hydrogen-bond donors (Lipinski definition) is 1. The van der Waals surface area contributed by atoms with Gasteiger partial charge < -0.3 is 5.73 Å². The van der Waals surface area contributed by atoms with Gasteiger partial charge in [0.25, 0.3) is 0 Å². The number of halogens is 2. The van der Waals surface area contributed by atoms with Crippen molar-refractivity contribution in [3.8, 4) is 0 Å². The highest BCUT2D eigenvalue weighted by molar-refractivity contribution is 9.10. The standard InChI is InChI=1S/C14H21BrClN/c1-9(2)6-10(3)7-14(17)12-5-4-11(16)8-13(12)15/h4-5,8-10,14H,6-7,17H2,1-3H3. The lowest BCUT2D eigenvalue weighted by Gasteiger charge is -2.20. The van der Waals surface area contributed by atoms with Crippen LogP contribution in [0.15, 0.2) is 22.7 Å². The zero-order chi connectivity index (χ0) is 13.0. The van der Waals surface area contributed by atoms with E-state index in [4.69, 9.17) is 17.3 Å². The Kier molecular flexibility index (Phi) is 5.98. The zero-order valence-electron chi connectivity index (χ0n) is 10.7.